The Balaban J connectivity index is 2.48. The molecule has 0 aliphatic carbocycles. The number of nitrogens with zero attached hydrogens (tertiary/aromatic N) is 2. The summed E-state index contributed by atoms with van der Waals surface area (Å²) in [4.78, 5) is 19.6. The van der Waals surface area contributed by atoms with Crippen molar-refractivity contribution in [2.75, 3.05) is 7.11 Å². The monoisotopic (exact) mass is 262 g/mol. The summed E-state index contributed by atoms with van der Waals surface area (Å²) in [6.07, 6.45) is 0. The van der Waals surface area contributed by atoms with Gasteiger partial charge in [-0.1, -0.05) is 23.7 Å². The van der Waals surface area contributed by atoms with E-state index in [4.69, 9.17) is 11.6 Å². The lowest BCUT2D eigenvalue weighted by Crippen LogP contribution is -2.09. The lowest BCUT2D eigenvalue weighted by Gasteiger charge is -2.05. The number of halogens is 1. The molecule has 0 saturated carbocycles. The Bertz CT molecular complexity index is 582. The second-order valence-corrected chi connectivity index (χ2v) is 4.15. The van der Waals surface area contributed by atoms with Crippen molar-refractivity contribution in [2.45, 2.75) is 6.92 Å². The maximum absolute atomic E-state index is 11.4. The molecule has 0 bridgehead atoms. The third-order valence-corrected chi connectivity index (χ3v) is 2.61. The smallest absolute Gasteiger partial charge is 0.376 e. The van der Waals surface area contributed by atoms with Crippen LogP contribution in [0.5, 0.6) is 0 Å². The number of aryl methyl sites for hydroxylation is 1. The standard InChI is InChI=1S/C13H11ClN2O2/c1-8-7-11(9-3-5-10(14)6-4-9)16-12(15-8)13(17)18-2/h3-7H,1-2H3. The number of methoxy groups -OCH3 is 1. The highest BCUT2D eigenvalue weighted by Crippen LogP contribution is 2.20. The van der Waals surface area contributed by atoms with Gasteiger partial charge < -0.3 is 4.74 Å². The summed E-state index contributed by atoms with van der Waals surface area (Å²) in [6.45, 7) is 1.80. The summed E-state index contributed by atoms with van der Waals surface area (Å²) >= 11 is 5.83. The molecule has 0 unspecified atom stereocenters. The fourth-order valence-electron chi connectivity index (χ4n) is 1.52. The number of rotatable bonds is 2. The van der Waals surface area contributed by atoms with Gasteiger partial charge in [0.2, 0.25) is 5.82 Å². The van der Waals surface area contributed by atoms with Gasteiger partial charge >= 0.3 is 5.97 Å². The molecule has 5 heteroatoms. The third kappa shape index (κ3) is 2.65. The Morgan fingerprint density at radius 2 is 1.89 bits per heavy atom. The number of benzene rings is 1. The first-order chi connectivity index (χ1) is 8.60. The maximum atomic E-state index is 11.4. The summed E-state index contributed by atoms with van der Waals surface area (Å²) in [5, 5.41) is 0.651. The van der Waals surface area contributed by atoms with Gasteiger partial charge in [-0.2, -0.15) is 0 Å². The van der Waals surface area contributed by atoms with E-state index in [-0.39, 0.29) is 5.82 Å². The first-order valence-electron chi connectivity index (χ1n) is 5.30. The van der Waals surface area contributed by atoms with E-state index in [9.17, 15) is 4.79 Å². The maximum Gasteiger partial charge on any atom is 0.376 e. The van der Waals surface area contributed by atoms with Crippen LogP contribution < -0.4 is 0 Å². The van der Waals surface area contributed by atoms with E-state index in [1.807, 2.05) is 12.1 Å². The van der Waals surface area contributed by atoms with E-state index in [1.165, 1.54) is 7.11 Å². The van der Waals surface area contributed by atoms with Crippen LogP contribution in [0.4, 0.5) is 0 Å². The van der Waals surface area contributed by atoms with Crippen LogP contribution in [0.25, 0.3) is 11.3 Å². The Labute approximate surface area is 110 Å². The minimum absolute atomic E-state index is 0.0578. The van der Waals surface area contributed by atoms with Gasteiger partial charge in [0, 0.05) is 16.3 Å². The second kappa shape index (κ2) is 5.14. The molecule has 0 radical (unpaired) electrons. The summed E-state index contributed by atoms with van der Waals surface area (Å²) in [5.41, 5.74) is 2.24. The molecule has 1 heterocycles. The van der Waals surface area contributed by atoms with E-state index in [2.05, 4.69) is 14.7 Å². The minimum atomic E-state index is -0.547. The molecular formula is C13H11ClN2O2. The first-order valence-corrected chi connectivity index (χ1v) is 5.68. The summed E-state index contributed by atoms with van der Waals surface area (Å²) < 4.78 is 4.62. The molecule has 0 atom stereocenters. The van der Waals surface area contributed by atoms with Crippen LogP contribution in [-0.4, -0.2) is 23.0 Å². The molecule has 0 aliphatic rings. The first kappa shape index (κ1) is 12.5. The molecule has 4 nitrogen and oxygen atoms in total. The molecule has 0 aliphatic heterocycles. The number of hydrogen-bond donors (Lipinski definition) is 0. The zero-order valence-corrected chi connectivity index (χ0v) is 10.7. The van der Waals surface area contributed by atoms with E-state index >= 15 is 0 Å². The lowest BCUT2D eigenvalue weighted by atomic mass is 10.1. The van der Waals surface area contributed by atoms with E-state index in [0.717, 1.165) is 5.56 Å². The van der Waals surface area contributed by atoms with Crippen molar-refractivity contribution in [3.05, 3.63) is 46.9 Å². The molecule has 0 spiro atoms. The van der Waals surface area contributed by atoms with Crippen molar-refractivity contribution in [3.63, 3.8) is 0 Å². The average Bonchev–Trinajstić information content (AvgIpc) is 2.38. The number of hydrogen-bond acceptors (Lipinski definition) is 4. The number of carbonyl (C=O) groups is 1. The van der Waals surface area contributed by atoms with Gasteiger partial charge in [0.05, 0.1) is 12.8 Å². The number of carbonyl (C=O) groups excluding carboxylic acids is 1. The van der Waals surface area contributed by atoms with Gasteiger partial charge in [0.1, 0.15) is 0 Å². The largest absolute Gasteiger partial charge is 0.463 e. The van der Waals surface area contributed by atoms with Crippen LogP contribution in [0.2, 0.25) is 5.02 Å². The van der Waals surface area contributed by atoms with Crippen LogP contribution >= 0.6 is 11.6 Å². The van der Waals surface area contributed by atoms with Crippen molar-refractivity contribution in [2.24, 2.45) is 0 Å². The molecule has 1 aromatic heterocycles. The van der Waals surface area contributed by atoms with E-state index in [1.54, 1.807) is 25.1 Å². The van der Waals surface area contributed by atoms with E-state index < -0.39 is 5.97 Å². The topological polar surface area (TPSA) is 52.1 Å². The fourth-order valence-corrected chi connectivity index (χ4v) is 1.65. The minimum Gasteiger partial charge on any atom is -0.463 e. The zero-order chi connectivity index (χ0) is 13.1. The average molecular weight is 263 g/mol. The third-order valence-electron chi connectivity index (χ3n) is 2.36. The molecule has 2 rings (SSSR count). The van der Waals surface area contributed by atoms with Crippen molar-refractivity contribution in [1.29, 1.82) is 0 Å². The highest BCUT2D eigenvalue weighted by atomic mass is 35.5. The molecule has 2 aromatic rings. The molecule has 0 saturated heterocycles. The normalized spacial score (nSPS) is 10.2. The van der Waals surface area contributed by atoms with Crippen molar-refractivity contribution >= 4 is 17.6 Å². The Morgan fingerprint density at radius 1 is 1.22 bits per heavy atom. The summed E-state index contributed by atoms with van der Waals surface area (Å²) in [5.74, 6) is -0.489. The Kier molecular flexibility index (Phi) is 3.58. The molecule has 18 heavy (non-hydrogen) atoms. The molecule has 92 valence electrons. The van der Waals surface area contributed by atoms with Crippen molar-refractivity contribution < 1.29 is 9.53 Å². The van der Waals surface area contributed by atoms with Crippen LogP contribution in [0.15, 0.2) is 30.3 Å². The Hall–Kier alpha value is -1.94. The lowest BCUT2D eigenvalue weighted by molar-refractivity contribution is 0.0586. The van der Waals surface area contributed by atoms with Crippen LogP contribution in [0.3, 0.4) is 0 Å². The predicted octanol–water partition coefficient (Wildman–Crippen LogP) is 2.89. The van der Waals surface area contributed by atoms with Gasteiger partial charge in [-0.05, 0) is 25.1 Å². The van der Waals surface area contributed by atoms with Gasteiger partial charge in [0.15, 0.2) is 0 Å². The number of ether oxygens (including phenoxy) is 1. The zero-order valence-electron chi connectivity index (χ0n) is 9.98. The van der Waals surface area contributed by atoms with E-state index in [0.29, 0.717) is 16.4 Å². The molecule has 1 aromatic carbocycles. The van der Waals surface area contributed by atoms with Crippen LogP contribution in [0.1, 0.15) is 16.3 Å². The summed E-state index contributed by atoms with van der Waals surface area (Å²) in [7, 11) is 1.30. The van der Waals surface area contributed by atoms with Gasteiger partial charge in [-0.3, -0.25) is 0 Å². The molecular weight excluding hydrogens is 252 g/mol. The van der Waals surface area contributed by atoms with Gasteiger partial charge in [-0.15, -0.1) is 0 Å². The molecule has 0 amide bonds. The highest BCUT2D eigenvalue weighted by Gasteiger charge is 2.12. The quantitative estimate of drug-likeness (QED) is 0.781. The number of esters is 1. The van der Waals surface area contributed by atoms with Crippen molar-refractivity contribution in [3.8, 4) is 11.3 Å². The fraction of sp³-hybridized carbons (Fsp3) is 0.154. The van der Waals surface area contributed by atoms with Gasteiger partial charge in [-0.25, -0.2) is 14.8 Å². The Morgan fingerprint density at radius 3 is 2.50 bits per heavy atom. The summed E-state index contributed by atoms with van der Waals surface area (Å²) in [6, 6.07) is 9.02. The SMILES string of the molecule is COC(=O)c1nc(C)cc(-c2ccc(Cl)cc2)n1. The van der Waals surface area contributed by atoms with Crippen LogP contribution in [0, 0.1) is 6.92 Å². The van der Waals surface area contributed by atoms with Crippen LogP contribution in [-0.2, 0) is 4.74 Å². The number of aromatic nitrogens is 2. The molecule has 0 N–H and O–H groups in total. The predicted molar refractivity (Wildman–Crippen MR) is 68.6 cm³/mol. The second-order valence-electron chi connectivity index (χ2n) is 3.72. The van der Waals surface area contributed by atoms with Crippen molar-refractivity contribution in [1.82, 2.24) is 9.97 Å². The molecule has 0 fully saturated rings. The van der Waals surface area contributed by atoms with Gasteiger partial charge in [0.25, 0.3) is 0 Å². The highest BCUT2D eigenvalue weighted by molar-refractivity contribution is 6.30.